The lowest BCUT2D eigenvalue weighted by Gasteiger charge is -2.29. The van der Waals surface area contributed by atoms with Crippen molar-refractivity contribution in [1.82, 2.24) is 4.90 Å². The molecule has 0 aliphatic carbocycles. The highest BCUT2D eigenvalue weighted by molar-refractivity contribution is 6.06. The molecule has 3 rings (SSSR count). The molecule has 1 aromatic rings. The van der Waals surface area contributed by atoms with Gasteiger partial charge in [0.15, 0.2) is 0 Å². The maximum atomic E-state index is 12.4. The van der Waals surface area contributed by atoms with Gasteiger partial charge in [-0.3, -0.25) is 14.5 Å². The number of unbranched alkanes of at least 4 members (excludes halogenated alkanes) is 1. The van der Waals surface area contributed by atoms with E-state index in [0.717, 1.165) is 31.6 Å². The van der Waals surface area contributed by atoms with Crippen LogP contribution in [-0.2, 0) is 9.59 Å². The summed E-state index contributed by atoms with van der Waals surface area (Å²) in [6.07, 6.45) is 5.94. The molecule has 2 aliphatic heterocycles. The first kappa shape index (κ1) is 16.8. The fraction of sp³-hybridized carbons (Fsp3) is 0.579. The number of nitrogens with one attached hydrogen (secondary N) is 1. The molecular weight excluding hydrogens is 302 g/mol. The Balaban J connectivity index is 1.59. The Morgan fingerprint density at radius 1 is 1.08 bits per heavy atom. The maximum Gasteiger partial charge on any atom is 0.252 e. The van der Waals surface area contributed by atoms with Crippen LogP contribution in [0.4, 0.5) is 11.4 Å². The molecule has 1 N–H and O–H groups in total. The molecule has 24 heavy (non-hydrogen) atoms. The van der Waals surface area contributed by atoms with E-state index in [1.54, 1.807) is 0 Å². The average Bonchev–Trinajstić information content (AvgIpc) is 2.88. The van der Waals surface area contributed by atoms with Gasteiger partial charge in [0.05, 0.1) is 6.42 Å². The number of carbonyl (C=O) groups is 2. The number of nitrogens with zero attached hydrogens (tertiary/aromatic N) is 2. The van der Waals surface area contributed by atoms with Crippen LogP contribution in [0.5, 0.6) is 0 Å². The summed E-state index contributed by atoms with van der Waals surface area (Å²) in [4.78, 5) is 28.2. The normalized spacial score (nSPS) is 21.5. The first-order valence-corrected chi connectivity index (χ1v) is 9.15. The van der Waals surface area contributed by atoms with E-state index < -0.39 is 6.04 Å². The monoisotopic (exact) mass is 329 g/mol. The Morgan fingerprint density at radius 3 is 2.46 bits per heavy atom. The molecule has 0 radical (unpaired) electrons. The first-order valence-electron chi connectivity index (χ1n) is 9.15. The van der Waals surface area contributed by atoms with Crippen LogP contribution in [0.1, 0.15) is 45.4 Å². The third-order valence-corrected chi connectivity index (χ3v) is 4.91. The van der Waals surface area contributed by atoms with Crippen molar-refractivity contribution in [3.63, 3.8) is 0 Å². The van der Waals surface area contributed by atoms with Crippen LogP contribution in [0.3, 0.4) is 0 Å². The summed E-state index contributed by atoms with van der Waals surface area (Å²) in [6, 6.07) is 7.80. The van der Waals surface area contributed by atoms with Gasteiger partial charge in [-0.1, -0.05) is 13.3 Å². The highest BCUT2D eigenvalue weighted by atomic mass is 16.2. The summed E-state index contributed by atoms with van der Waals surface area (Å²) < 4.78 is 0. The summed E-state index contributed by atoms with van der Waals surface area (Å²) in [5.41, 5.74) is 2.14. The SMILES string of the molecule is CCCCN1C(=O)CC(Nc2ccc(N3CCCCC3)cc2)C1=O. The summed E-state index contributed by atoms with van der Waals surface area (Å²) in [7, 11) is 0. The number of hydrogen-bond acceptors (Lipinski definition) is 4. The van der Waals surface area contributed by atoms with Crippen molar-refractivity contribution < 1.29 is 9.59 Å². The molecule has 5 nitrogen and oxygen atoms in total. The Hall–Kier alpha value is -2.04. The molecule has 2 heterocycles. The molecule has 2 aliphatic rings. The van der Waals surface area contributed by atoms with Crippen LogP contribution in [0, 0.1) is 0 Å². The van der Waals surface area contributed by atoms with Crippen LogP contribution in [0.15, 0.2) is 24.3 Å². The Bertz CT molecular complexity index is 579. The molecule has 1 atom stereocenters. The summed E-state index contributed by atoms with van der Waals surface area (Å²) in [5, 5.41) is 3.23. The van der Waals surface area contributed by atoms with Gasteiger partial charge >= 0.3 is 0 Å². The molecule has 130 valence electrons. The third-order valence-electron chi connectivity index (χ3n) is 4.91. The standard InChI is InChI=1S/C19H27N3O2/c1-2-3-13-22-18(23)14-17(19(22)24)20-15-7-9-16(10-8-15)21-11-5-4-6-12-21/h7-10,17,20H,2-6,11-14H2,1H3. The summed E-state index contributed by atoms with van der Waals surface area (Å²) >= 11 is 0. The number of benzene rings is 1. The quantitative estimate of drug-likeness (QED) is 0.815. The molecule has 1 unspecified atom stereocenters. The lowest BCUT2D eigenvalue weighted by Crippen LogP contribution is -2.35. The van der Waals surface area contributed by atoms with Gasteiger partial charge in [0.2, 0.25) is 5.91 Å². The number of rotatable bonds is 6. The van der Waals surface area contributed by atoms with Crippen LogP contribution in [0.2, 0.25) is 0 Å². The van der Waals surface area contributed by atoms with Crippen molar-refractivity contribution >= 4 is 23.2 Å². The van der Waals surface area contributed by atoms with E-state index in [0.29, 0.717) is 6.54 Å². The lowest BCUT2D eigenvalue weighted by molar-refractivity contribution is -0.138. The molecule has 0 saturated carbocycles. The number of amides is 2. The van der Waals surface area contributed by atoms with Crippen molar-refractivity contribution in [2.75, 3.05) is 29.9 Å². The van der Waals surface area contributed by atoms with E-state index in [2.05, 4.69) is 29.3 Å². The van der Waals surface area contributed by atoms with Crippen molar-refractivity contribution in [2.24, 2.45) is 0 Å². The highest BCUT2D eigenvalue weighted by Crippen LogP contribution is 2.24. The first-order chi connectivity index (χ1) is 11.7. The van der Waals surface area contributed by atoms with Crippen molar-refractivity contribution in [1.29, 1.82) is 0 Å². The molecular formula is C19H27N3O2. The largest absolute Gasteiger partial charge is 0.373 e. The van der Waals surface area contributed by atoms with Gasteiger partial charge in [-0.15, -0.1) is 0 Å². The van der Waals surface area contributed by atoms with Crippen molar-refractivity contribution in [3.8, 4) is 0 Å². The Morgan fingerprint density at radius 2 is 1.79 bits per heavy atom. The van der Waals surface area contributed by atoms with Crippen LogP contribution in [-0.4, -0.2) is 42.4 Å². The van der Waals surface area contributed by atoms with Gasteiger partial charge in [0, 0.05) is 31.0 Å². The molecule has 2 amide bonds. The number of hydrogen-bond donors (Lipinski definition) is 1. The molecule has 2 saturated heterocycles. The van der Waals surface area contributed by atoms with E-state index in [-0.39, 0.29) is 18.2 Å². The number of carbonyl (C=O) groups excluding carboxylic acids is 2. The van der Waals surface area contributed by atoms with Gasteiger partial charge in [0.1, 0.15) is 6.04 Å². The topological polar surface area (TPSA) is 52.7 Å². The number of piperidine rings is 1. The van der Waals surface area contributed by atoms with Gasteiger partial charge in [-0.05, 0) is 49.9 Å². The second-order valence-corrected chi connectivity index (χ2v) is 6.73. The molecule has 1 aromatic carbocycles. The summed E-state index contributed by atoms with van der Waals surface area (Å²) in [6.45, 7) is 4.84. The lowest BCUT2D eigenvalue weighted by atomic mass is 10.1. The van der Waals surface area contributed by atoms with Crippen LogP contribution >= 0.6 is 0 Å². The zero-order chi connectivity index (χ0) is 16.9. The fourth-order valence-corrected chi connectivity index (χ4v) is 3.47. The molecule has 0 bridgehead atoms. The second-order valence-electron chi connectivity index (χ2n) is 6.73. The molecule has 0 aromatic heterocycles. The highest BCUT2D eigenvalue weighted by Gasteiger charge is 2.37. The van der Waals surface area contributed by atoms with Gasteiger partial charge in [-0.2, -0.15) is 0 Å². The number of likely N-dealkylation sites (tertiary alicyclic amines) is 1. The number of imide groups is 1. The third kappa shape index (κ3) is 3.71. The Kier molecular flexibility index (Phi) is 5.38. The maximum absolute atomic E-state index is 12.4. The predicted octanol–water partition coefficient (Wildman–Crippen LogP) is 3.02. The van der Waals surface area contributed by atoms with Crippen molar-refractivity contribution in [2.45, 2.75) is 51.5 Å². The van der Waals surface area contributed by atoms with Gasteiger partial charge in [-0.25, -0.2) is 0 Å². The minimum absolute atomic E-state index is 0.0594. The minimum Gasteiger partial charge on any atom is -0.373 e. The van der Waals surface area contributed by atoms with Gasteiger partial charge in [0.25, 0.3) is 5.91 Å². The molecule has 5 heteroatoms. The molecule has 2 fully saturated rings. The van der Waals surface area contributed by atoms with E-state index in [1.165, 1.54) is 29.8 Å². The van der Waals surface area contributed by atoms with Crippen LogP contribution < -0.4 is 10.2 Å². The van der Waals surface area contributed by atoms with E-state index in [1.807, 2.05) is 12.1 Å². The predicted molar refractivity (Wildman–Crippen MR) is 96.2 cm³/mol. The van der Waals surface area contributed by atoms with Crippen molar-refractivity contribution in [3.05, 3.63) is 24.3 Å². The second kappa shape index (κ2) is 7.69. The summed E-state index contributed by atoms with van der Waals surface area (Å²) in [5.74, 6) is -0.149. The smallest absolute Gasteiger partial charge is 0.252 e. The molecule has 0 spiro atoms. The van der Waals surface area contributed by atoms with Crippen LogP contribution in [0.25, 0.3) is 0 Å². The van der Waals surface area contributed by atoms with E-state index >= 15 is 0 Å². The van der Waals surface area contributed by atoms with E-state index in [4.69, 9.17) is 0 Å². The number of anilines is 2. The zero-order valence-corrected chi connectivity index (χ0v) is 14.5. The average molecular weight is 329 g/mol. The minimum atomic E-state index is -0.421. The van der Waals surface area contributed by atoms with E-state index in [9.17, 15) is 9.59 Å². The van der Waals surface area contributed by atoms with Gasteiger partial charge < -0.3 is 10.2 Å². The zero-order valence-electron chi connectivity index (χ0n) is 14.5. The Labute approximate surface area is 144 Å². The fourth-order valence-electron chi connectivity index (χ4n) is 3.47.